The van der Waals surface area contributed by atoms with Gasteiger partial charge in [0.25, 0.3) is 0 Å². The van der Waals surface area contributed by atoms with Gasteiger partial charge in [0.05, 0.1) is 5.52 Å². The fourth-order valence-corrected chi connectivity index (χ4v) is 1.44. The predicted octanol–water partition coefficient (Wildman–Crippen LogP) is 2.09. The number of aromatic amines is 1. The number of aryl methyl sites for hydroxylation is 1. The van der Waals surface area contributed by atoms with E-state index >= 15 is 0 Å². The molecule has 0 aliphatic heterocycles. The maximum Gasteiger partial charge on any atom is 0.154 e. The minimum absolute atomic E-state index is 0.371. The summed E-state index contributed by atoms with van der Waals surface area (Å²) in [6.45, 7) is 6.08. The van der Waals surface area contributed by atoms with Crippen LogP contribution in [-0.2, 0) is 0 Å². The van der Waals surface area contributed by atoms with E-state index in [1.165, 1.54) is 0 Å². The molecule has 2 heterocycles. The highest BCUT2D eigenvalue weighted by molar-refractivity contribution is 5.85. The molecule has 0 atom stereocenters. The zero-order chi connectivity index (χ0) is 10.1. The SMILES string of the molecule is Cc1nc(NC(C)C)c2[nH]ccc2n1. The van der Waals surface area contributed by atoms with Crippen molar-refractivity contribution in [3.63, 3.8) is 0 Å². The van der Waals surface area contributed by atoms with Gasteiger partial charge in [-0.05, 0) is 26.8 Å². The van der Waals surface area contributed by atoms with Gasteiger partial charge in [0.15, 0.2) is 5.82 Å². The van der Waals surface area contributed by atoms with Gasteiger partial charge in [-0.2, -0.15) is 0 Å². The maximum absolute atomic E-state index is 4.36. The molecule has 0 aliphatic rings. The van der Waals surface area contributed by atoms with E-state index in [0.717, 1.165) is 22.7 Å². The number of H-pyrrole nitrogens is 1. The normalized spacial score (nSPS) is 11.1. The van der Waals surface area contributed by atoms with E-state index in [9.17, 15) is 0 Å². The number of hydrogen-bond acceptors (Lipinski definition) is 3. The van der Waals surface area contributed by atoms with Gasteiger partial charge in [-0.25, -0.2) is 9.97 Å². The minimum atomic E-state index is 0.371. The van der Waals surface area contributed by atoms with Gasteiger partial charge in [-0.3, -0.25) is 0 Å². The van der Waals surface area contributed by atoms with Crippen LogP contribution in [-0.4, -0.2) is 21.0 Å². The Morgan fingerprint density at radius 3 is 2.86 bits per heavy atom. The van der Waals surface area contributed by atoms with Crippen molar-refractivity contribution in [3.05, 3.63) is 18.1 Å². The number of nitrogens with zero attached hydrogens (tertiary/aromatic N) is 2. The Bertz CT molecular complexity index is 444. The lowest BCUT2D eigenvalue weighted by atomic mass is 10.3. The highest BCUT2D eigenvalue weighted by Gasteiger charge is 2.06. The van der Waals surface area contributed by atoms with Crippen LogP contribution in [0.2, 0.25) is 0 Å². The third kappa shape index (κ3) is 1.55. The van der Waals surface area contributed by atoms with Crippen LogP contribution in [0.1, 0.15) is 19.7 Å². The Hall–Kier alpha value is -1.58. The molecule has 0 saturated heterocycles. The van der Waals surface area contributed by atoms with Gasteiger partial charge < -0.3 is 10.3 Å². The van der Waals surface area contributed by atoms with E-state index in [1.807, 2.05) is 19.2 Å². The monoisotopic (exact) mass is 190 g/mol. The molecule has 0 radical (unpaired) electrons. The van der Waals surface area contributed by atoms with Crippen LogP contribution in [0.4, 0.5) is 5.82 Å². The second-order valence-electron chi connectivity index (χ2n) is 3.66. The summed E-state index contributed by atoms with van der Waals surface area (Å²) in [4.78, 5) is 11.8. The molecule has 4 nitrogen and oxygen atoms in total. The molecule has 0 bridgehead atoms. The Morgan fingerprint density at radius 2 is 2.14 bits per heavy atom. The Morgan fingerprint density at radius 1 is 1.36 bits per heavy atom. The molecule has 2 rings (SSSR count). The molecule has 0 aliphatic carbocycles. The third-order valence-electron chi connectivity index (χ3n) is 1.94. The zero-order valence-corrected chi connectivity index (χ0v) is 8.63. The first kappa shape index (κ1) is 8.99. The summed E-state index contributed by atoms with van der Waals surface area (Å²) in [5.41, 5.74) is 1.94. The maximum atomic E-state index is 4.36. The van der Waals surface area contributed by atoms with Crippen LogP contribution in [0.3, 0.4) is 0 Å². The molecular weight excluding hydrogens is 176 g/mol. The topological polar surface area (TPSA) is 53.6 Å². The third-order valence-corrected chi connectivity index (χ3v) is 1.94. The van der Waals surface area contributed by atoms with Gasteiger partial charge in [0.1, 0.15) is 11.3 Å². The van der Waals surface area contributed by atoms with E-state index in [1.54, 1.807) is 0 Å². The van der Waals surface area contributed by atoms with Crippen molar-refractivity contribution >= 4 is 16.9 Å². The molecule has 2 aromatic heterocycles. The summed E-state index contributed by atoms with van der Waals surface area (Å²) in [6, 6.07) is 2.32. The van der Waals surface area contributed by atoms with E-state index in [-0.39, 0.29) is 0 Å². The standard InChI is InChI=1S/C10H14N4/c1-6(2)12-10-9-8(4-5-11-9)13-7(3)14-10/h4-6,11H,1-3H3,(H,12,13,14). The first-order valence-electron chi connectivity index (χ1n) is 4.75. The number of rotatable bonds is 2. The summed E-state index contributed by atoms with van der Waals surface area (Å²) < 4.78 is 0. The smallest absolute Gasteiger partial charge is 0.154 e. The van der Waals surface area contributed by atoms with Crippen LogP contribution in [0.15, 0.2) is 12.3 Å². The molecule has 2 N–H and O–H groups in total. The van der Waals surface area contributed by atoms with Crippen LogP contribution < -0.4 is 5.32 Å². The number of aromatic nitrogens is 3. The second-order valence-corrected chi connectivity index (χ2v) is 3.66. The summed E-state index contributed by atoms with van der Waals surface area (Å²) >= 11 is 0. The minimum Gasteiger partial charge on any atom is -0.366 e. The molecule has 0 saturated carbocycles. The van der Waals surface area contributed by atoms with Gasteiger partial charge in [-0.1, -0.05) is 0 Å². The lowest BCUT2D eigenvalue weighted by Crippen LogP contribution is -2.12. The fourth-order valence-electron chi connectivity index (χ4n) is 1.44. The van der Waals surface area contributed by atoms with E-state index in [0.29, 0.717) is 6.04 Å². The molecule has 14 heavy (non-hydrogen) atoms. The second kappa shape index (κ2) is 3.29. The van der Waals surface area contributed by atoms with Gasteiger partial charge >= 0.3 is 0 Å². The summed E-state index contributed by atoms with van der Waals surface area (Å²) in [6.07, 6.45) is 1.88. The summed E-state index contributed by atoms with van der Waals surface area (Å²) in [7, 11) is 0. The average molecular weight is 190 g/mol. The molecular formula is C10H14N4. The van der Waals surface area contributed by atoms with Crippen LogP contribution in [0.5, 0.6) is 0 Å². The lowest BCUT2D eigenvalue weighted by molar-refractivity contribution is 0.885. The van der Waals surface area contributed by atoms with Crippen LogP contribution in [0, 0.1) is 6.92 Å². The molecule has 0 unspecified atom stereocenters. The van der Waals surface area contributed by atoms with Crippen molar-refractivity contribution in [1.82, 2.24) is 15.0 Å². The summed E-state index contributed by atoms with van der Waals surface area (Å²) in [5.74, 6) is 1.67. The van der Waals surface area contributed by atoms with E-state index in [4.69, 9.17) is 0 Å². The Kier molecular flexibility index (Phi) is 2.11. The molecule has 2 aromatic rings. The van der Waals surface area contributed by atoms with Crippen molar-refractivity contribution in [2.24, 2.45) is 0 Å². The molecule has 74 valence electrons. The molecule has 0 aromatic carbocycles. The highest BCUT2D eigenvalue weighted by Crippen LogP contribution is 2.18. The Labute approximate surface area is 82.8 Å². The van der Waals surface area contributed by atoms with E-state index < -0.39 is 0 Å². The van der Waals surface area contributed by atoms with Crippen molar-refractivity contribution < 1.29 is 0 Å². The first-order valence-corrected chi connectivity index (χ1v) is 4.75. The van der Waals surface area contributed by atoms with Crippen LogP contribution >= 0.6 is 0 Å². The van der Waals surface area contributed by atoms with Gasteiger partial charge in [-0.15, -0.1) is 0 Å². The molecule has 4 heteroatoms. The number of anilines is 1. The van der Waals surface area contributed by atoms with Crippen molar-refractivity contribution in [3.8, 4) is 0 Å². The Balaban J connectivity index is 2.55. The number of hydrogen-bond donors (Lipinski definition) is 2. The number of nitrogens with one attached hydrogen (secondary N) is 2. The average Bonchev–Trinajstić information content (AvgIpc) is 2.50. The highest BCUT2D eigenvalue weighted by atomic mass is 15.1. The van der Waals surface area contributed by atoms with Gasteiger partial charge in [0.2, 0.25) is 0 Å². The fraction of sp³-hybridized carbons (Fsp3) is 0.400. The predicted molar refractivity (Wildman–Crippen MR) is 57.4 cm³/mol. The quantitative estimate of drug-likeness (QED) is 0.762. The van der Waals surface area contributed by atoms with Crippen molar-refractivity contribution in [1.29, 1.82) is 0 Å². The zero-order valence-electron chi connectivity index (χ0n) is 8.63. The van der Waals surface area contributed by atoms with Gasteiger partial charge in [0, 0.05) is 12.2 Å². The lowest BCUT2D eigenvalue weighted by Gasteiger charge is -2.10. The summed E-state index contributed by atoms with van der Waals surface area (Å²) in [5, 5.41) is 3.29. The van der Waals surface area contributed by atoms with Crippen molar-refractivity contribution in [2.75, 3.05) is 5.32 Å². The first-order chi connectivity index (χ1) is 6.66. The van der Waals surface area contributed by atoms with E-state index in [2.05, 4.69) is 34.1 Å². The largest absolute Gasteiger partial charge is 0.366 e. The molecule has 0 spiro atoms. The number of fused-ring (bicyclic) bond motifs is 1. The molecule has 0 fully saturated rings. The van der Waals surface area contributed by atoms with Crippen molar-refractivity contribution in [2.45, 2.75) is 26.8 Å². The van der Waals surface area contributed by atoms with Crippen LogP contribution in [0.25, 0.3) is 11.0 Å². The molecule has 0 amide bonds.